The van der Waals surface area contributed by atoms with Crippen molar-refractivity contribution in [2.75, 3.05) is 31.9 Å². The maximum absolute atomic E-state index is 12.7. The highest BCUT2D eigenvalue weighted by atomic mass is 16.2. The van der Waals surface area contributed by atoms with Crippen molar-refractivity contribution in [2.45, 2.75) is 38.6 Å². The lowest BCUT2D eigenvalue weighted by Crippen LogP contribution is -2.41. The summed E-state index contributed by atoms with van der Waals surface area (Å²) in [5.41, 5.74) is 8.29. The number of nitrogens with zero attached hydrogens (tertiary/aromatic N) is 2. The Morgan fingerprint density at radius 1 is 1.19 bits per heavy atom. The topological polar surface area (TPSA) is 49.6 Å². The standard InChI is InChI=1S/C17H25N3O/c1-13-15(6-5-7-16(13)18)17(21)20-11-8-14(12-20)19-9-3-2-4-10-19/h5-7,14H,2-4,8-12,18H2,1H3. The van der Waals surface area contributed by atoms with Crippen LogP contribution in [0.2, 0.25) is 0 Å². The van der Waals surface area contributed by atoms with Gasteiger partial charge in [-0.2, -0.15) is 0 Å². The molecule has 2 aliphatic rings. The molecule has 0 spiro atoms. The molecule has 2 aliphatic heterocycles. The average molecular weight is 287 g/mol. The van der Waals surface area contributed by atoms with Crippen molar-refractivity contribution >= 4 is 11.6 Å². The van der Waals surface area contributed by atoms with Crippen molar-refractivity contribution in [1.29, 1.82) is 0 Å². The van der Waals surface area contributed by atoms with E-state index in [4.69, 9.17) is 5.73 Å². The van der Waals surface area contributed by atoms with Gasteiger partial charge in [0.1, 0.15) is 0 Å². The fourth-order valence-corrected chi connectivity index (χ4v) is 3.56. The number of nitrogen functional groups attached to an aromatic ring is 1. The van der Waals surface area contributed by atoms with Crippen LogP contribution in [0.5, 0.6) is 0 Å². The number of nitrogens with two attached hydrogens (primary N) is 1. The largest absolute Gasteiger partial charge is 0.398 e. The fraction of sp³-hybridized carbons (Fsp3) is 0.588. The molecule has 1 atom stereocenters. The van der Waals surface area contributed by atoms with Crippen molar-refractivity contribution in [2.24, 2.45) is 0 Å². The number of piperidine rings is 1. The number of anilines is 1. The van der Waals surface area contributed by atoms with Crippen LogP contribution in [0.4, 0.5) is 5.69 Å². The van der Waals surface area contributed by atoms with Gasteiger partial charge in [0.2, 0.25) is 0 Å². The van der Waals surface area contributed by atoms with Crippen molar-refractivity contribution < 1.29 is 4.79 Å². The second-order valence-corrected chi connectivity index (χ2v) is 6.31. The highest BCUT2D eigenvalue weighted by molar-refractivity contribution is 5.97. The molecular weight excluding hydrogens is 262 g/mol. The van der Waals surface area contributed by atoms with E-state index in [1.165, 1.54) is 32.4 Å². The van der Waals surface area contributed by atoms with Gasteiger partial charge in [0, 0.05) is 30.4 Å². The molecule has 2 N–H and O–H groups in total. The van der Waals surface area contributed by atoms with Gasteiger partial charge in [-0.15, -0.1) is 0 Å². The van der Waals surface area contributed by atoms with Gasteiger partial charge in [-0.3, -0.25) is 9.69 Å². The van der Waals surface area contributed by atoms with E-state index in [0.29, 0.717) is 11.7 Å². The molecule has 0 saturated carbocycles. The molecule has 2 fully saturated rings. The summed E-state index contributed by atoms with van der Waals surface area (Å²) < 4.78 is 0. The lowest BCUT2D eigenvalue weighted by atomic mass is 10.1. The van der Waals surface area contributed by atoms with Crippen LogP contribution in [-0.4, -0.2) is 47.9 Å². The van der Waals surface area contributed by atoms with E-state index in [-0.39, 0.29) is 5.91 Å². The van der Waals surface area contributed by atoms with Crippen molar-refractivity contribution in [3.05, 3.63) is 29.3 Å². The van der Waals surface area contributed by atoms with Gasteiger partial charge in [0.15, 0.2) is 0 Å². The van der Waals surface area contributed by atoms with E-state index in [0.717, 1.165) is 30.6 Å². The Labute approximate surface area is 126 Å². The molecule has 3 rings (SSSR count). The zero-order chi connectivity index (χ0) is 14.8. The Kier molecular flexibility index (Phi) is 4.15. The molecule has 0 radical (unpaired) electrons. The lowest BCUT2D eigenvalue weighted by Gasteiger charge is -2.32. The Morgan fingerprint density at radius 2 is 1.95 bits per heavy atom. The molecule has 0 bridgehead atoms. The molecule has 2 heterocycles. The summed E-state index contributed by atoms with van der Waals surface area (Å²) in [6.45, 7) is 6.07. The fourth-order valence-electron chi connectivity index (χ4n) is 3.56. The van der Waals surface area contributed by atoms with Crippen LogP contribution in [0.15, 0.2) is 18.2 Å². The Hall–Kier alpha value is -1.55. The van der Waals surface area contributed by atoms with E-state index < -0.39 is 0 Å². The molecule has 4 heteroatoms. The highest BCUT2D eigenvalue weighted by Gasteiger charge is 2.31. The molecule has 1 aromatic rings. The third kappa shape index (κ3) is 2.91. The molecule has 21 heavy (non-hydrogen) atoms. The molecule has 114 valence electrons. The minimum absolute atomic E-state index is 0.138. The van der Waals surface area contributed by atoms with Crippen molar-refractivity contribution in [3.8, 4) is 0 Å². The van der Waals surface area contributed by atoms with Gasteiger partial charge in [-0.1, -0.05) is 12.5 Å². The van der Waals surface area contributed by atoms with Crippen LogP contribution in [0, 0.1) is 6.92 Å². The number of amides is 1. The minimum atomic E-state index is 0.138. The summed E-state index contributed by atoms with van der Waals surface area (Å²) in [4.78, 5) is 17.3. The second-order valence-electron chi connectivity index (χ2n) is 6.31. The minimum Gasteiger partial charge on any atom is -0.398 e. The van der Waals surface area contributed by atoms with Gasteiger partial charge >= 0.3 is 0 Å². The maximum atomic E-state index is 12.7. The molecule has 1 unspecified atom stereocenters. The smallest absolute Gasteiger partial charge is 0.254 e. The third-order valence-electron chi connectivity index (χ3n) is 4.96. The van der Waals surface area contributed by atoms with Crippen LogP contribution >= 0.6 is 0 Å². The molecule has 1 aromatic carbocycles. The SMILES string of the molecule is Cc1c(N)cccc1C(=O)N1CCC(N2CCCCC2)C1. The number of hydrogen-bond acceptors (Lipinski definition) is 3. The first-order chi connectivity index (χ1) is 10.2. The lowest BCUT2D eigenvalue weighted by molar-refractivity contribution is 0.0771. The Balaban J connectivity index is 1.68. The highest BCUT2D eigenvalue weighted by Crippen LogP contribution is 2.23. The molecular formula is C17H25N3O. The first-order valence-electron chi connectivity index (χ1n) is 8.05. The van der Waals surface area contributed by atoms with Crippen LogP contribution in [-0.2, 0) is 0 Å². The van der Waals surface area contributed by atoms with Crippen molar-refractivity contribution in [3.63, 3.8) is 0 Å². The van der Waals surface area contributed by atoms with E-state index in [9.17, 15) is 4.79 Å². The number of rotatable bonds is 2. The first kappa shape index (κ1) is 14.4. The predicted octanol–water partition coefficient (Wildman–Crippen LogP) is 2.28. The maximum Gasteiger partial charge on any atom is 0.254 e. The summed E-state index contributed by atoms with van der Waals surface area (Å²) in [6, 6.07) is 6.17. The summed E-state index contributed by atoms with van der Waals surface area (Å²) in [7, 11) is 0. The number of benzene rings is 1. The molecule has 0 aliphatic carbocycles. The Morgan fingerprint density at radius 3 is 2.71 bits per heavy atom. The molecule has 2 saturated heterocycles. The van der Waals surface area contributed by atoms with Crippen LogP contribution in [0.25, 0.3) is 0 Å². The third-order valence-corrected chi connectivity index (χ3v) is 4.96. The first-order valence-corrected chi connectivity index (χ1v) is 8.05. The van der Waals surface area contributed by atoms with Crippen molar-refractivity contribution in [1.82, 2.24) is 9.80 Å². The van der Waals surface area contributed by atoms with Gasteiger partial charge < -0.3 is 10.6 Å². The molecule has 4 nitrogen and oxygen atoms in total. The normalized spacial score (nSPS) is 23.5. The Bertz CT molecular complexity index is 523. The summed E-state index contributed by atoms with van der Waals surface area (Å²) in [5, 5.41) is 0. The van der Waals surface area contributed by atoms with E-state index >= 15 is 0 Å². The monoisotopic (exact) mass is 287 g/mol. The van der Waals surface area contributed by atoms with Crippen LogP contribution in [0.1, 0.15) is 41.6 Å². The average Bonchev–Trinajstić information content (AvgIpc) is 3.00. The quantitative estimate of drug-likeness (QED) is 0.849. The van der Waals surface area contributed by atoms with E-state index in [2.05, 4.69) is 4.90 Å². The van der Waals surface area contributed by atoms with Gasteiger partial charge in [0.05, 0.1) is 0 Å². The van der Waals surface area contributed by atoms with E-state index in [1.54, 1.807) is 0 Å². The zero-order valence-electron chi connectivity index (χ0n) is 12.8. The van der Waals surface area contributed by atoms with Gasteiger partial charge in [-0.05, 0) is 57.0 Å². The zero-order valence-corrected chi connectivity index (χ0v) is 12.8. The number of carbonyl (C=O) groups is 1. The van der Waals surface area contributed by atoms with Crippen LogP contribution < -0.4 is 5.73 Å². The predicted molar refractivity (Wildman–Crippen MR) is 85.3 cm³/mol. The summed E-state index contributed by atoms with van der Waals surface area (Å²) in [6.07, 6.45) is 5.07. The number of likely N-dealkylation sites (tertiary alicyclic amines) is 2. The van der Waals surface area contributed by atoms with Crippen LogP contribution in [0.3, 0.4) is 0 Å². The second kappa shape index (κ2) is 6.06. The summed E-state index contributed by atoms with van der Waals surface area (Å²) >= 11 is 0. The summed E-state index contributed by atoms with van der Waals surface area (Å²) in [5.74, 6) is 0.138. The van der Waals surface area contributed by atoms with Gasteiger partial charge in [0.25, 0.3) is 5.91 Å². The van der Waals surface area contributed by atoms with Gasteiger partial charge in [-0.25, -0.2) is 0 Å². The van der Waals surface area contributed by atoms with E-state index in [1.807, 2.05) is 30.0 Å². The molecule has 1 amide bonds. The molecule has 0 aromatic heterocycles. The number of hydrogen-bond donors (Lipinski definition) is 1. The number of carbonyl (C=O) groups excluding carboxylic acids is 1.